The first-order chi connectivity index (χ1) is 10.8. The normalized spacial score (nSPS) is 18.8. The Balaban J connectivity index is 1.79. The van der Waals surface area contributed by atoms with E-state index in [1.165, 1.54) is 11.0 Å². The molecule has 1 atom stereocenters. The molecular weight excluding hydrogens is 320 g/mol. The lowest BCUT2D eigenvalue weighted by molar-refractivity contribution is -0.118. The summed E-state index contributed by atoms with van der Waals surface area (Å²) in [5, 5.41) is 4.03. The van der Waals surface area contributed by atoms with Gasteiger partial charge in [-0.05, 0) is 26.3 Å². The summed E-state index contributed by atoms with van der Waals surface area (Å²) < 4.78 is 34.2. The molecule has 0 saturated carbocycles. The van der Waals surface area contributed by atoms with E-state index < -0.39 is 16.1 Å². The van der Waals surface area contributed by atoms with Crippen LogP contribution in [0.5, 0.6) is 0 Å². The van der Waals surface area contributed by atoms with E-state index in [4.69, 9.17) is 4.42 Å². The van der Waals surface area contributed by atoms with E-state index in [0.717, 1.165) is 0 Å². The zero-order valence-corrected chi connectivity index (χ0v) is 13.9. The van der Waals surface area contributed by atoms with Crippen LogP contribution in [0.1, 0.15) is 17.9 Å². The minimum atomic E-state index is -3.80. The fourth-order valence-electron chi connectivity index (χ4n) is 2.72. The van der Waals surface area contributed by atoms with Gasteiger partial charge in [-0.15, -0.1) is 0 Å². The van der Waals surface area contributed by atoms with Gasteiger partial charge in [-0.1, -0.05) is 0 Å². The number of carbonyl (C=O) groups excluding carboxylic acids is 1. The van der Waals surface area contributed by atoms with Crippen LogP contribution in [0.15, 0.2) is 27.8 Å². The van der Waals surface area contributed by atoms with Crippen molar-refractivity contribution in [3.8, 4) is 0 Å². The maximum atomic E-state index is 12.5. The highest BCUT2D eigenvalue weighted by molar-refractivity contribution is 7.89. The van der Waals surface area contributed by atoms with Crippen molar-refractivity contribution in [1.29, 1.82) is 0 Å². The van der Waals surface area contributed by atoms with Crippen LogP contribution in [-0.4, -0.2) is 36.7 Å². The molecule has 3 rings (SSSR count). The lowest BCUT2D eigenvalue weighted by Crippen LogP contribution is -2.41. The minimum Gasteiger partial charge on any atom is -0.465 e. The molecule has 0 bridgehead atoms. The molecule has 0 aromatic carbocycles. The molecule has 2 aromatic heterocycles. The second-order valence-corrected chi connectivity index (χ2v) is 7.28. The molecular formula is C14H18N4O4S. The number of aryl methyl sites for hydroxylation is 3. The highest BCUT2D eigenvalue weighted by atomic mass is 32.2. The molecule has 1 aliphatic rings. The Morgan fingerprint density at radius 1 is 1.39 bits per heavy atom. The molecule has 23 heavy (non-hydrogen) atoms. The van der Waals surface area contributed by atoms with E-state index in [2.05, 4.69) is 9.82 Å². The van der Waals surface area contributed by atoms with Gasteiger partial charge in [0.05, 0.1) is 11.9 Å². The molecule has 1 aliphatic heterocycles. The molecule has 1 saturated heterocycles. The summed E-state index contributed by atoms with van der Waals surface area (Å²) in [7, 11) is -2.04. The van der Waals surface area contributed by atoms with Gasteiger partial charge in [0.2, 0.25) is 15.9 Å². The van der Waals surface area contributed by atoms with Gasteiger partial charge in [0, 0.05) is 19.8 Å². The van der Waals surface area contributed by atoms with Crippen molar-refractivity contribution >= 4 is 21.6 Å². The van der Waals surface area contributed by atoms with Crippen molar-refractivity contribution in [3.63, 3.8) is 0 Å². The number of rotatable bonds is 4. The lowest BCUT2D eigenvalue weighted by Gasteiger charge is -2.15. The van der Waals surface area contributed by atoms with E-state index in [-0.39, 0.29) is 10.8 Å². The van der Waals surface area contributed by atoms with Crippen molar-refractivity contribution in [2.75, 3.05) is 11.4 Å². The number of hydrogen-bond donors (Lipinski definition) is 1. The quantitative estimate of drug-likeness (QED) is 0.885. The third-order valence-electron chi connectivity index (χ3n) is 3.79. The second-order valence-electron chi connectivity index (χ2n) is 5.60. The van der Waals surface area contributed by atoms with Crippen LogP contribution in [0.4, 0.5) is 5.69 Å². The molecule has 1 N–H and O–H groups in total. The largest absolute Gasteiger partial charge is 0.465 e. The number of amides is 1. The van der Waals surface area contributed by atoms with Crippen molar-refractivity contribution in [2.45, 2.75) is 31.2 Å². The van der Waals surface area contributed by atoms with Crippen LogP contribution in [0.25, 0.3) is 0 Å². The summed E-state index contributed by atoms with van der Waals surface area (Å²) in [5.74, 6) is 0.543. The summed E-state index contributed by atoms with van der Waals surface area (Å²) in [6.07, 6.45) is 3.71. The Kier molecular flexibility index (Phi) is 3.77. The van der Waals surface area contributed by atoms with Crippen LogP contribution in [0.3, 0.4) is 0 Å². The molecule has 9 heteroatoms. The smallest absolute Gasteiger partial charge is 0.245 e. The Bertz CT molecular complexity index is 852. The highest BCUT2D eigenvalue weighted by Crippen LogP contribution is 2.24. The van der Waals surface area contributed by atoms with Gasteiger partial charge in [0.25, 0.3) is 0 Å². The van der Waals surface area contributed by atoms with E-state index in [0.29, 0.717) is 30.2 Å². The van der Waals surface area contributed by atoms with Crippen LogP contribution in [0.2, 0.25) is 0 Å². The van der Waals surface area contributed by atoms with Gasteiger partial charge < -0.3 is 9.32 Å². The molecule has 124 valence electrons. The van der Waals surface area contributed by atoms with Crippen LogP contribution in [0, 0.1) is 13.8 Å². The lowest BCUT2D eigenvalue weighted by atomic mass is 10.3. The average molecular weight is 338 g/mol. The third kappa shape index (κ3) is 2.89. The first-order valence-electron chi connectivity index (χ1n) is 7.17. The second kappa shape index (κ2) is 5.50. The topological polar surface area (TPSA) is 97.4 Å². The van der Waals surface area contributed by atoms with E-state index in [9.17, 15) is 13.2 Å². The summed E-state index contributed by atoms with van der Waals surface area (Å²) in [6, 6.07) is 0.672. The van der Waals surface area contributed by atoms with Gasteiger partial charge >= 0.3 is 0 Å². The number of nitrogens with one attached hydrogen (secondary N) is 1. The van der Waals surface area contributed by atoms with Crippen molar-refractivity contribution in [3.05, 3.63) is 30.0 Å². The van der Waals surface area contributed by atoms with Gasteiger partial charge in [-0.3, -0.25) is 9.48 Å². The van der Waals surface area contributed by atoms with Crippen LogP contribution < -0.4 is 9.62 Å². The zero-order chi connectivity index (χ0) is 16.8. The first kappa shape index (κ1) is 15.8. The number of aromatic nitrogens is 2. The Morgan fingerprint density at radius 3 is 2.70 bits per heavy atom. The van der Waals surface area contributed by atoms with Crippen molar-refractivity contribution < 1.29 is 17.6 Å². The number of carbonyl (C=O) groups is 1. The Hall–Kier alpha value is -2.13. The molecule has 3 heterocycles. The number of sulfonamides is 1. The number of hydrogen-bond acceptors (Lipinski definition) is 5. The third-order valence-corrected chi connectivity index (χ3v) is 5.37. The molecule has 0 spiro atoms. The highest BCUT2D eigenvalue weighted by Gasteiger charge is 2.36. The summed E-state index contributed by atoms with van der Waals surface area (Å²) in [6.45, 7) is 3.71. The van der Waals surface area contributed by atoms with Gasteiger partial charge in [0.1, 0.15) is 22.5 Å². The maximum Gasteiger partial charge on any atom is 0.245 e. The zero-order valence-electron chi connectivity index (χ0n) is 13.1. The van der Waals surface area contributed by atoms with E-state index >= 15 is 0 Å². The molecule has 8 nitrogen and oxygen atoms in total. The number of nitrogens with zero attached hydrogens (tertiary/aromatic N) is 3. The maximum absolute atomic E-state index is 12.5. The predicted molar refractivity (Wildman–Crippen MR) is 82.5 cm³/mol. The van der Waals surface area contributed by atoms with Crippen molar-refractivity contribution in [1.82, 2.24) is 14.5 Å². The minimum absolute atomic E-state index is 0.0719. The van der Waals surface area contributed by atoms with Gasteiger partial charge in [-0.2, -0.15) is 9.82 Å². The molecule has 0 aliphatic carbocycles. The standard InChI is InChI=1S/C14H18N4O4S/c1-9-6-13(10(2)22-9)23(20,21)16-12-4-5-18(14(12)19)11-7-15-17(3)8-11/h6-8,12,16H,4-5H2,1-3H3/t12-/m0/s1. The molecule has 1 fully saturated rings. The molecule has 1 amide bonds. The molecule has 0 unspecified atom stereocenters. The van der Waals surface area contributed by atoms with Gasteiger partial charge in [0.15, 0.2) is 0 Å². The predicted octanol–water partition coefficient (Wildman–Crippen LogP) is 0.714. The summed E-state index contributed by atoms with van der Waals surface area (Å²) in [4.78, 5) is 14.1. The van der Waals surface area contributed by atoms with Gasteiger partial charge in [-0.25, -0.2) is 8.42 Å². The number of anilines is 1. The summed E-state index contributed by atoms with van der Waals surface area (Å²) in [5.41, 5.74) is 0.662. The fraction of sp³-hybridized carbons (Fsp3) is 0.429. The average Bonchev–Trinajstić information content (AvgIpc) is 3.12. The SMILES string of the molecule is Cc1cc(S(=O)(=O)N[C@H]2CCN(c3cnn(C)c3)C2=O)c(C)o1. The summed E-state index contributed by atoms with van der Waals surface area (Å²) >= 11 is 0. The van der Waals surface area contributed by atoms with Crippen LogP contribution >= 0.6 is 0 Å². The van der Waals surface area contributed by atoms with E-state index in [1.54, 1.807) is 38.0 Å². The Morgan fingerprint density at radius 2 is 2.13 bits per heavy atom. The Labute approximate surface area is 134 Å². The van der Waals surface area contributed by atoms with Crippen molar-refractivity contribution in [2.24, 2.45) is 7.05 Å². The number of furan rings is 1. The fourth-order valence-corrected chi connectivity index (χ4v) is 4.18. The monoisotopic (exact) mass is 338 g/mol. The van der Waals surface area contributed by atoms with E-state index in [1.807, 2.05) is 0 Å². The van der Waals surface area contributed by atoms with Crippen LogP contribution in [-0.2, 0) is 21.9 Å². The first-order valence-corrected chi connectivity index (χ1v) is 8.65. The molecule has 0 radical (unpaired) electrons. The molecule has 2 aromatic rings.